The molecule has 118 valence electrons. The molecule has 1 aromatic heterocycles. The number of nitrogens with zero attached hydrogens (tertiary/aromatic N) is 1. The van der Waals surface area contributed by atoms with Gasteiger partial charge in [-0.2, -0.15) is 0 Å². The molecule has 1 heterocycles. The third kappa shape index (κ3) is 5.93. The molecule has 0 unspecified atom stereocenters. The molecule has 0 aliphatic heterocycles. The minimum atomic E-state index is -0.885. The average molecular weight is 420 g/mol. The number of rotatable bonds is 1. The van der Waals surface area contributed by atoms with E-state index in [9.17, 15) is 3.74 Å². The molecule has 0 atom stereocenters. The van der Waals surface area contributed by atoms with Crippen molar-refractivity contribution in [3.63, 3.8) is 0 Å². The van der Waals surface area contributed by atoms with Gasteiger partial charge in [0, 0.05) is 5.69 Å². The Morgan fingerprint density at radius 3 is 2.18 bits per heavy atom. The Balaban J connectivity index is 0.000000374. The first-order valence-electron chi connectivity index (χ1n) is 5.90. The van der Waals surface area contributed by atoms with E-state index in [-0.39, 0.29) is 24.8 Å². The van der Waals surface area contributed by atoms with E-state index in [2.05, 4.69) is 4.98 Å². The topological polar surface area (TPSA) is 82.0 Å². The Labute approximate surface area is 152 Å². The fraction of sp³-hybridized carbons (Fsp3) is 0.0714. The first-order chi connectivity index (χ1) is 9.58. The van der Waals surface area contributed by atoms with Crippen LogP contribution in [-0.2, 0) is 3.74 Å². The molecule has 0 aliphatic carbocycles. The second-order valence-corrected chi connectivity index (χ2v) is 6.84. The quantitative estimate of drug-likeness (QED) is 0.469. The van der Waals surface area contributed by atoms with E-state index >= 15 is 0 Å². The number of thiazole rings is 1. The van der Waals surface area contributed by atoms with Crippen molar-refractivity contribution in [2.45, 2.75) is 6.92 Å². The monoisotopic (exact) mass is 419 g/mol. The van der Waals surface area contributed by atoms with E-state index in [0.717, 1.165) is 20.6 Å². The summed E-state index contributed by atoms with van der Waals surface area (Å²) in [5, 5.41) is 1.09. The van der Waals surface area contributed by atoms with Crippen molar-refractivity contribution in [3.05, 3.63) is 47.5 Å². The maximum atomic E-state index is 10.3. The van der Waals surface area contributed by atoms with Crippen molar-refractivity contribution in [2.24, 2.45) is 0 Å². The fourth-order valence-corrected chi connectivity index (χ4v) is 2.97. The third-order valence-electron chi connectivity index (χ3n) is 2.52. The van der Waals surface area contributed by atoms with Crippen LogP contribution in [0, 0.1) is 6.92 Å². The molecule has 0 saturated heterocycles. The van der Waals surface area contributed by atoms with E-state index < -0.39 is 15.7 Å². The molecule has 4 N–H and O–H groups in total. The number of hydrogen-bond acceptors (Lipinski definition) is 5. The van der Waals surface area contributed by atoms with Crippen molar-refractivity contribution in [3.8, 4) is 0 Å². The first-order valence-corrected chi connectivity index (χ1v) is 8.42. The molecular weight excluding hydrogens is 404 g/mol. The van der Waals surface area contributed by atoms with Crippen LogP contribution in [0.15, 0.2) is 42.5 Å². The van der Waals surface area contributed by atoms with Gasteiger partial charge < -0.3 is 5.73 Å². The molecular formula is C14H16AsCl2N3OS. The van der Waals surface area contributed by atoms with Gasteiger partial charge in [0.2, 0.25) is 0 Å². The molecule has 0 saturated carbocycles. The van der Waals surface area contributed by atoms with E-state index in [1.54, 1.807) is 35.6 Å². The number of halogens is 2. The average Bonchev–Trinajstić information content (AvgIpc) is 2.79. The van der Waals surface area contributed by atoms with Crippen LogP contribution in [0.2, 0.25) is 0 Å². The standard InChI is InChI=1S/C8H8N2S.C6H6AsNO.2ClH/c1-5-10-7-4-6(9)2-3-8(7)11-5;8-6-3-1-5(7-9)2-4-6;;/h2-4H,9H2,1H3;1-4H,8H2;2*1H. The van der Waals surface area contributed by atoms with Crippen LogP contribution in [0.3, 0.4) is 0 Å². The van der Waals surface area contributed by atoms with Crippen LogP contribution in [0.25, 0.3) is 10.2 Å². The van der Waals surface area contributed by atoms with Gasteiger partial charge in [0.1, 0.15) is 0 Å². The minimum absolute atomic E-state index is 0. The molecule has 8 heteroatoms. The number of fused-ring (bicyclic) bond motifs is 1. The number of aryl methyl sites for hydroxylation is 1. The number of hydrogen-bond donors (Lipinski definition) is 2. The van der Waals surface area contributed by atoms with Gasteiger partial charge in [0.15, 0.2) is 0 Å². The Morgan fingerprint density at radius 1 is 1.00 bits per heavy atom. The Morgan fingerprint density at radius 2 is 1.59 bits per heavy atom. The zero-order valence-electron chi connectivity index (χ0n) is 11.7. The van der Waals surface area contributed by atoms with Gasteiger partial charge in [-0.1, -0.05) is 0 Å². The molecule has 22 heavy (non-hydrogen) atoms. The third-order valence-corrected chi connectivity index (χ3v) is 4.54. The van der Waals surface area contributed by atoms with Crippen LogP contribution in [0.5, 0.6) is 0 Å². The molecule has 0 bridgehead atoms. The van der Waals surface area contributed by atoms with Gasteiger partial charge in [-0.05, 0) is 25.1 Å². The summed E-state index contributed by atoms with van der Waals surface area (Å²) in [5.74, 6) is 0. The first kappa shape index (κ1) is 20.9. The van der Waals surface area contributed by atoms with Crippen molar-refractivity contribution in [1.29, 1.82) is 0 Å². The van der Waals surface area contributed by atoms with Crippen LogP contribution >= 0.6 is 36.2 Å². The van der Waals surface area contributed by atoms with Gasteiger partial charge in [-0.25, -0.2) is 4.98 Å². The van der Waals surface area contributed by atoms with Gasteiger partial charge in [0.25, 0.3) is 0 Å². The van der Waals surface area contributed by atoms with E-state index in [4.69, 9.17) is 11.5 Å². The van der Waals surface area contributed by atoms with Gasteiger partial charge in [-0.15, -0.1) is 36.2 Å². The van der Waals surface area contributed by atoms with Crippen molar-refractivity contribution in [1.82, 2.24) is 4.98 Å². The molecule has 0 radical (unpaired) electrons. The number of nitrogens with two attached hydrogens (primary N) is 2. The zero-order valence-corrected chi connectivity index (χ0v) is 16.0. The number of aromatic nitrogens is 1. The SMILES string of the molecule is Cc1nc2cc(N)ccc2s1.Cl.Cl.Nc1ccc([As]=O)cc1. The van der Waals surface area contributed by atoms with Gasteiger partial charge in [-0.3, -0.25) is 0 Å². The van der Waals surface area contributed by atoms with Crippen LogP contribution in [0.4, 0.5) is 11.4 Å². The van der Waals surface area contributed by atoms with Crippen LogP contribution in [-0.4, -0.2) is 20.7 Å². The summed E-state index contributed by atoms with van der Waals surface area (Å²) in [6.07, 6.45) is 0. The van der Waals surface area contributed by atoms with Gasteiger partial charge >= 0.3 is 59.5 Å². The molecule has 0 fully saturated rings. The fourth-order valence-electron chi connectivity index (χ4n) is 1.59. The maximum absolute atomic E-state index is 10.3. The Bertz CT molecular complexity index is 735. The van der Waals surface area contributed by atoms with Gasteiger partial charge in [0.05, 0.1) is 15.2 Å². The van der Waals surface area contributed by atoms with E-state index in [1.807, 2.05) is 25.1 Å². The summed E-state index contributed by atoms with van der Waals surface area (Å²) in [4.78, 5) is 4.31. The molecule has 3 aromatic rings. The number of nitrogen functional groups attached to an aromatic ring is 2. The molecule has 4 nitrogen and oxygen atoms in total. The van der Waals surface area contributed by atoms with Crippen molar-refractivity contribution in [2.75, 3.05) is 11.5 Å². The number of benzene rings is 2. The van der Waals surface area contributed by atoms with Crippen LogP contribution in [0.1, 0.15) is 5.01 Å². The summed E-state index contributed by atoms with van der Waals surface area (Å²) in [6.45, 7) is 2.00. The summed E-state index contributed by atoms with van der Waals surface area (Å²) < 4.78 is 12.4. The summed E-state index contributed by atoms with van der Waals surface area (Å²) in [7, 11) is 0. The molecule has 3 rings (SSSR count). The van der Waals surface area contributed by atoms with E-state index in [0.29, 0.717) is 5.69 Å². The predicted octanol–water partition coefficient (Wildman–Crippen LogP) is 2.97. The number of anilines is 2. The second kappa shape index (κ2) is 9.80. The Hall–Kier alpha value is -1.13. The van der Waals surface area contributed by atoms with Crippen molar-refractivity contribution >= 4 is 77.8 Å². The summed E-state index contributed by atoms with van der Waals surface area (Å²) in [5.41, 5.74) is 13.5. The summed E-state index contributed by atoms with van der Waals surface area (Å²) in [6, 6.07) is 12.9. The van der Waals surface area contributed by atoms with Crippen LogP contribution < -0.4 is 15.8 Å². The van der Waals surface area contributed by atoms with Crippen molar-refractivity contribution < 1.29 is 3.74 Å². The molecule has 2 aromatic carbocycles. The predicted molar refractivity (Wildman–Crippen MR) is 100 cm³/mol. The summed E-state index contributed by atoms with van der Waals surface area (Å²) >= 11 is 0.810. The normalized spacial score (nSPS) is 9.32. The second-order valence-electron chi connectivity index (χ2n) is 4.14. The molecule has 0 amide bonds. The molecule has 0 aliphatic rings. The Kier molecular flexibility index (Phi) is 9.29. The van der Waals surface area contributed by atoms with E-state index in [1.165, 1.54) is 4.70 Å². The zero-order chi connectivity index (χ0) is 14.5. The molecule has 0 spiro atoms.